The number of nitrogens with zero attached hydrogens (tertiary/aromatic N) is 1. The zero-order valence-corrected chi connectivity index (χ0v) is 17.2. The molecule has 0 saturated carbocycles. The first-order valence-electron chi connectivity index (χ1n) is 9.37. The van der Waals surface area contributed by atoms with Crippen molar-refractivity contribution in [1.29, 1.82) is 0 Å². The molecule has 0 aliphatic carbocycles. The Hall–Kier alpha value is -2.96. The topological polar surface area (TPSA) is 85.7 Å². The maximum Gasteiger partial charge on any atom is 0.309 e. The van der Waals surface area contributed by atoms with Gasteiger partial charge in [-0.05, 0) is 37.1 Å². The Morgan fingerprint density at radius 2 is 1.90 bits per heavy atom. The smallest absolute Gasteiger partial charge is 0.309 e. The molecular weight excluding hydrogens is 377 g/mol. The number of aryl methyl sites for hydroxylation is 1. The van der Waals surface area contributed by atoms with Crippen LogP contribution in [0.3, 0.4) is 0 Å². The van der Waals surface area contributed by atoms with E-state index in [2.05, 4.69) is 4.98 Å². The van der Waals surface area contributed by atoms with Crippen LogP contribution in [-0.2, 0) is 9.53 Å². The van der Waals surface area contributed by atoms with Crippen LogP contribution in [-0.4, -0.2) is 35.1 Å². The number of ether oxygens (including phenoxy) is 2. The summed E-state index contributed by atoms with van der Waals surface area (Å²) in [5.41, 5.74) is 1.52. The van der Waals surface area contributed by atoms with Gasteiger partial charge in [0.15, 0.2) is 23.0 Å². The van der Waals surface area contributed by atoms with Crippen molar-refractivity contribution in [1.82, 2.24) is 4.98 Å². The van der Waals surface area contributed by atoms with Crippen molar-refractivity contribution in [3.8, 4) is 11.5 Å². The molecule has 2 aromatic rings. The summed E-state index contributed by atoms with van der Waals surface area (Å²) in [6.07, 6.45) is 0.722. The number of methoxy groups -OCH3 is 1. The lowest BCUT2D eigenvalue weighted by molar-refractivity contribution is -0.153. The van der Waals surface area contributed by atoms with Crippen molar-refractivity contribution < 1.29 is 28.6 Å². The molecule has 0 fully saturated rings. The summed E-state index contributed by atoms with van der Waals surface area (Å²) in [5, 5.41) is 10.0. The van der Waals surface area contributed by atoms with Crippen LogP contribution in [0.5, 0.6) is 11.5 Å². The first-order valence-corrected chi connectivity index (χ1v) is 9.37. The number of benzene rings is 1. The molecular formula is C22H26FNO5. The largest absolute Gasteiger partial charge is 0.503 e. The van der Waals surface area contributed by atoms with Gasteiger partial charge in [-0.25, -0.2) is 9.37 Å². The second-order valence-electron chi connectivity index (χ2n) is 7.17. The molecule has 6 nitrogen and oxygen atoms in total. The number of hydrogen-bond acceptors (Lipinski definition) is 6. The Kier molecular flexibility index (Phi) is 7.31. The highest BCUT2D eigenvalue weighted by atomic mass is 19.1. The van der Waals surface area contributed by atoms with Crippen molar-refractivity contribution in [2.45, 2.75) is 46.1 Å². The van der Waals surface area contributed by atoms with E-state index < -0.39 is 23.8 Å². The number of rotatable bonds is 8. The number of pyridine rings is 1. The van der Waals surface area contributed by atoms with Gasteiger partial charge in [-0.2, -0.15) is 0 Å². The number of Topliss-reactive ketones (excluding diaryl/α,β-unsaturated/α-hetero) is 1. The molecule has 1 N–H and O–H groups in total. The fourth-order valence-corrected chi connectivity index (χ4v) is 3.07. The minimum absolute atomic E-state index is 0.135. The number of esters is 1. The van der Waals surface area contributed by atoms with Crippen molar-refractivity contribution in [3.05, 3.63) is 53.1 Å². The number of aromatic nitrogens is 1. The van der Waals surface area contributed by atoms with Gasteiger partial charge in [0.25, 0.3) is 0 Å². The number of hydrogen-bond donors (Lipinski definition) is 1. The summed E-state index contributed by atoms with van der Waals surface area (Å²) >= 11 is 0. The fraction of sp³-hybridized carbons (Fsp3) is 0.409. The molecule has 0 aliphatic rings. The third-order valence-electron chi connectivity index (χ3n) is 4.99. The second kappa shape index (κ2) is 9.49. The molecule has 1 aromatic heterocycles. The van der Waals surface area contributed by atoms with E-state index in [1.807, 2.05) is 6.92 Å². The van der Waals surface area contributed by atoms with Crippen molar-refractivity contribution >= 4 is 11.8 Å². The van der Waals surface area contributed by atoms with Crippen LogP contribution in [0.4, 0.5) is 4.39 Å². The van der Waals surface area contributed by atoms with Crippen LogP contribution in [0.25, 0.3) is 0 Å². The fourth-order valence-electron chi connectivity index (χ4n) is 3.07. The Balaban J connectivity index is 2.02. The van der Waals surface area contributed by atoms with Crippen molar-refractivity contribution in [2.75, 3.05) is 7.11 Å². The molecule has 0 amide bonds. The molecule has 0 unspecified atom stereocenters. The minimum atomic E-state index is -0.723. The standard InChI is InChI=1S/C22H26FNO5/c1-12-10-16(23)6-7-17(12)14(3)15(4)29-22(27)13(2)11-18(25)20-21(26)19(28-5)8-9-24-20/h6-10,13-15,26H,11H2,1-5H3/t13-,14+,15-/m1/s1. The summed E-state index contributed by atoms with van der Waals surface area (Å²) in [7, 11) is 1.37. The van der Waals surface area contributed by atoms with Gasteiger partial charge in [0.2, 0.25) is 0 Å². The summed E-state index contributed by atoms with van der Waals surface area (Å²) in [4.78, 5) is 28.8. The lowest BCUT2D eigenvalue weighted by atomic mass is 9.92. The molecule has 29 heavy (non-hydrogen) atoms. The third kappa shape index (κ3) is 5.31. The van der Waals surface area contributed by atoms with E-state index in [-0.39, 0.29) is 35.3 Å². The van der Waals surface area contributed by atoms with Crippen molar-refractivity contribution in [3.63, 3.8) is 0 Å². The van der Waals surface area contributed by atoms with Crippen LogP contribution >= 0.6 is 0 Å². The van der Waals surface area contributed by atoms with Crippen LogP contribution in [0.2, 0.25) is 0 Å². The van der Waals surface area contributed by atoms with E-state index in [9.17, 15) is 19.1 Å². The van der Waals surface area contributed by atoms with Gasteiger partial charge in [-0.15, -0.1) is 0 Å². The molecule has 0 bridgehead atoms. The Bertz CT molecular complexity index is 899. The molecule has 1 aromatic carbocycles. The Labute approximate surface area is 169 Å². The molecule has 3 atom stereocenters. The number of carbonyl (C=O) groups excluding carboxylic acids is 2. The van der Waals surface area contributed by atoms with Gasteiger partial charge in [0.05, 0.1) is 13.0 Å². The summed E-state index contributed by atoms with van der Waals surface area (Å²) < 4.78 is 23.8. The zero-order valence-electron chi connectivity index (χ0n) is 17.2. The lowest BCUT2D eigenvalue weighted by Crippen LogP contribution is -2.26. The number of halogens is 1. The molecule has 0 radical (unpaired) electrons. The minimum Gasteiger partial charge on any atom is -0.503 e. The molecule has 156 valence electrons. The first-order chi connectivity index (χ1) is 13.6. The highest BCUT2D eigenvalue weighted by Crippen LogP contribution is 2.30. The highest BCUT2D eigenvalue weighted by Gasteiger charge is 2.26. The second-order valence-corrected chi connectivity index (χ2v) is 7.17. The molecule has 0 saturated heterocycles. The lowest BCUT2D eigenvalue weighted by Gasteiger charge is -2.24. The molecule has 0 aliphatic heterocycles. The molecule has 2 rings (SSSR count). The number of aromatic hydroxyl groups is 1. The molecule has 1 heterocycles. The third-order valence-corrected chi connectivity index (χ3v) is 4.99. The number of carbonyl (C=O) groups is 2. The van der Waals surface area contributed by atoms with Gasteiger partial charge in [-0.1, -0.05) is 19.9 Å². The zero-order chi connectivity index (χ0) is 21.7. The first kappa shape index (κ1) is 22.3. The maximum absolute atomic E-state index is 13.3. The van der Waals surface area contributed by atoms with Gasteiger partial charge in [0, 0.05) is 24.6 Å². The molecule has 0 spiro atoms. The van der Waals surface area contributed by atoms with Crippen LogP contribution in [0.15, 0.2) is 30.5 Å². The predicted molar refractivity (Wildman–Crippen MR) is 106 cm³/mol. The van der Waals surface area contributed by atoms with Crippen LogP contribution in [0.1, 0.15) is 54.7 Å². The summed E-state index contributed by atoms with van der Waals surface area (Å²) in [5.74, 6) is -2.42. The average Bonchev–Trinajstić information content (AvgIpc) is 2.67. The summed E-state index contributed by atoms with van der Waals surface area (Å²) in [6, 6.07) is 5.94. The number of ketones is 1. The van der Waals surface area contributed by atoms with Crippen LogP contribution < -0.4 is 4.74 Å². The highest BCUT2D eigenvalue weighted by molar-refractivity contribution is 5.99. The summed E-state index contributed by atoms with van der Waals surface area (Å²) in [6.45, 7) is 7.04. The van der Waals surface area contributed by atoms with Gasteiger partial charge >= 0.3 is 5.97 Å². The van der Waals surface area contributed by atoms with E-state index in [4.69, 9.17) is 9.47 Å². The van der Waals surface area contributed by atoms with E-state index in [1.54, 1.807) is 26.8 Å². The van der Waals surface area contributed by atoms with Gasteiger partial charge in [0.1, 0.15) is 11.9 Å². The van der Waals surface area contributed by atoms with E-state index in [1.165, 1.54) is 31.5 Å². The molecule has 7 heteroatoms. The maximum atomic E-state index is 13.3. The quantitative estimate of drug-likeness (QED) is 0.525. The van der Waals surface area contributed by atoms with Crippen molar-refractivity contribution in [2.24, 2.45) is 5.92 Å². The van der Waals surface area contributed by atoms with Gasteiger partial charge in [-0.3, -0.25) is 9.59 Å². The van der Waals surface area contributed by atoms with E-state index in [0.29, 0.717) is 0 Å². The SMILES string of the molecule is COc1ccnc(C(=O)C[C@@H](C)C(=O)O[C@H](C)[C@H](C)c2ccc(F)cc2C)c1O. The van der Waals surface area contributed by atoms with E-state index in [0.717, 1.165) is 11.1 Å². The van der Waals surface area contributed by atoms with Gasteiger partial charge < -0.3 is 14.6 Å². The normalized spacial score (nSPS) is 14.0. The van der Waals surface area contributed by atoms with Crippen LogP contribution in [0, 0.1) is 18.7 Å². The predicted octanol–water partition coefficient (Wildman–Crippen LogP) is 4.19. The van der Waals surface area contributed by atoms with E-state index >= 15 is 0 Å². The Morgan fingerprint density at radius 3 is 2.52 bits per heavy atom. The average molecular weight is 403 g/mol. The Morgan fingerprint density at radius 1 is 1.21 bits per heavy atom. The monoisotopic (exact) mass is 403 g/mol.